The van der Waals surface area contributed by atoms with Crippen molar-refractivity contribution in [3.63, 3.8) is 0 Å². The molecule has 2 atom stereocenters. The Morgan fingerprint density at radius 1 is 1.38 bits per heavy atom. The molecule has 8 nitrogen and oxygen atoms in total. The van der Waals surface area contributed by atoms with Crippen molar-refractivity contribution in [3.05, 3.63) is 28.3 Å². The van der Waals surface area contributed by atoms with E-state index in [9.17, 15) is 14.4 Å². The number of nitrogens with one attached hydrogen (secondary N) is 1. The lowest BCUT2D eigenvalue weighted by Gasteiger charge is -2.36. The molecule has 2 unspecified atom stereocenters. The van der Waals surface area contributed by atoms with Gasteiger partial charge in [0.1, 0.15) is 24.4 Å². The minimum Gasteiger partial charge on any atom is -0.467 e. The van der Waals surface area contributed by atoms with Gasteiger partial charge in [0.05, 0.1) is 6.61 Å². The summed E-state index contributed by atoms with van der Waals surface area (Å²) in [6.45, 7) is 1.93. The lowest BCUT2D eigenvalue weighted by molar-refractivity contribution is -0.149. The Hall–Kier alpha value is -2.32. The van der Waals surface area contributed by atoms with Crippen molar-refractivity contribution in [1.29, 1.82) is 0 Å². The van der Waals surface area contributed by atoms with Gasteiger partial charge >= 0.3 is 12.0 Å². The number of ether oxygens (including phenoxy) is 3. The molecular formula is C20H23ClN2O6. The summed E-state index contributed by atoms with van der Waals surface area (Å²) in [5.41, 5.74) is 0.492. The van der Waals surface area contributed by atoms with Crippen LogP contribution in [0.3, 0.4) is 0 Å². The van der Waals surface area contributed by atoms with Gasteiger partial charge < -0.3 is 19.5 Å². The number of halogens is 1. The Morgan fingerprint density at radius 2 is 2.21 bits per heavy atom. The first kappa shape index (κ1) is 20.0. The molecule has 4 rings (SSSR count). The quantitative estimate of drug-likeness (QED) is 0.592. The van der Waals surface area contributed by atoms with Crippen LogP contribution >= 0.6 is 11.6 Å². The Bertz CT molecular complexity index is 860. The number of fused-ring (bicyclic) bond motifs is 1. The van der Waals surface area contributed by atoms with Crippen LogP contribution in [0.5, 0.6) is 5.75 Å². The third-order valence-corrected chi connectivity index (χ3v) is 6.15. The summed E-state index contributed by atoms with van der Waals surface area (Å²) < 4.78 is 16.0. The largest absolute Gasteiger partial charge is 0.467 e. The summed E-state index contributed by atoms with van der Waals surface area (Å²) in [5, 5.41) is 3.30. The molecule has 2 fully saturated rings. The van der Waals surface area contributed by atoms with E-state index in [2.05, 4.69) is 5.32 Å². The van der Waals surface area contributed by atoms with E-state index in [1.807, 2.05) is 6.92 Å². The summed E-state index contributed by atoms with van der Waals surface area (Å²) in [6.07, 6.45) is 3.37. The van der Waals surface area contributed by atoms with Crippen LogP contribution in [0.1, 0.15) is 43.7 Å². The second kappa shape index (κ2) is 7.84. The van der Waals surface area contributed by atoms with Gasteiger partial charge in [-0.3, -0.25) is 14.5 Å². The van der Waals surface area contributed by atoms with Gasteiger partial charge in [-0.15, -0.1) is 0 Å². The van der Waals surface area contributed by atoms with E-state index in [1.54, 1.807) is 12.1 Å². The third-order valence-electron chi connectivity index (χ3n) is 5.93. The molecule has 1 aliphatic carbocycles. The molecule has 0 radical (unpaired) electrons. The van der Waals surface area contributed by atoms with E-state index >= 15 is 0 Å². The molecule has 1 aromatic carbocycles. The number of imide groups is 1. The zero-order valence-electron chi connectivity index (χ0n) is 16.2. The number of nitrogens with zero attached hydrogens (tertiary/aromatic N) is 1. The fourth-order valence-electron chi connectivity index (χ4n) is 4.34. The number of benzene rings is 1. The number of carbonyl (C=O) groups excluding carboxylic acids is 3. The second-order valence-electron chi connectivity index (χ2n) is 7.76. The third kappa shape index (κ3) is 3.67. The molecule has 156 valence electrons. The molecule has 0 aromatic heterocycles. The van der Waals surface area contributed by atoms with Crippen molar-refractivity contribution < 1.29 is 28.6 Å². The van der Waals surface area contributed by atoms with Gasteiger partial charge in [-0.1, -0.05) is 31.4 Å². The van der Waals surface area contributed by atoms with Gasteiger partial charge in [-0.05, 0) is 30.9 Å². The van der Waals surface area contributed by atoms with Crippen molar-refractivity contribution >= 4 is 29.5 Å². The summed E-state index contributed by atoms with van der Waals surface area (Å²) in [4.78, 5) is 38.7. The fourth-order valence-corrected chi connectivity index (χ4v) is 4.60. The van der Waals surface area contributed by atoms with Crippen LogP contribution < -0.4 is 10.1 Å². The molecule has 9 heteroatoms. The normalized spacial score (nSPS) is 26.1. The van der Waals surface area contributed by atoms with Crippen molar-refractivity contribution in [1.82, 2.24) is 10.2 Å². The minimum atomic E-state index is -0.893. The maximum Gasteiger partial charge on any atom is 0.326 e. The Morgan fingerprint density at radius 3 is 3.00 bits per heavy atom. The smallest absolute Gasteiger partial charge is 0.326 e. The number of amides is 3. The van der Waals surface area contributed by atoms with Gasteiger partial charge in [-0.25, -0.2) is 4.79 Å². The van der Waals surface area contributed by atoms with Crippen molar-refractivity contribution in [2.24, 2.45) is 5.92 Å². The highest BCUT2D eigenvalue weighted by atomic mass is 35.5. The molecular weight excluding hydrogens is 400 g/mol. The predicted molar refractivity (Wildman–Crippen MR) is 102 cm³/mol. The Balaban J connectivity index is 1.41. The number of esters is 1. The van der Waals surface area contributed by atoms with Gasteiger partial charge in [0.2, 0.25) is 0 Å². The molecule has 1 N–H and O–H groups in total. The summed E-state index contributed by atoms with van der Waals surface area (Å²) in [5.74, 6) is -0.397. The molecule has 1 spiro atoms. The molecule has 29 heavy (non-hydrogen) atoms. The van der Waals surface area contributed by atoms with Gasteiger partial charge in [0.25, 0.3) is 5.91 Å². The molecule has 2 heterocycles. The van der Waals surface area contributed by atoms with Crippen LogP contribution in [0.4, 0.5) is 4.79 Å². The summed E-state index contributed by atoms with van der Waals surface area (Å²) in [7, 11) is 0. The highest BCUT2D eigenvalue weighted by Gasteiger charge is 2.55. The molecule has 3 amide bonds. The first-order chi connectivity index (χ1) is 13.9. The van der Waals surface area contributed by atoms with Crippen molar-refractivity contribution in [2.75, 3.05) is 13.3 Å². The van der Waals surface area contributed by atoms with E-state index in [-0.39, 0.29) is 25.2 Å². The van der Waals surface area contributed by atoms with Crippen LogP contribution in [-0.2, 0) is 32.3 Å². The van der Waals surface area contributed by atoms with Crippen LogP contribution in [-0.4, -0.2) is 41.7 Å². The van der Waals surface area contributed by atoms with E-state index in [0.29, 0.717) is 29.4 Å². The highest BCUT2D eigenvalue weighted by Crippen LogP contribution is 2.38. The van der Waals surface area contributed by atoms with Gasteiger partial charge in [0.15, 0.2) is 6.79 Å². The predicted octanol–water partition coefficient (Wildman–Crippen LogP) is 2.75. The monoisotopic (exact) mass is 422 g/mol. The highest BCUT2D eigenvalue weighted by molar-refractivity contribution is 6.30. The van der Waals surface area contributed by atoms with Crippen LogP contribution in [0, 0.1) is 5.92 Å². The molecule has 1 saturated carbocycles. The Labute approximate surface area is 173 Å². The number of rotatable bonds is 4. The number of hydrogen-bond donors (Lipinski definition) is 1. The maximum absolute atomic E-state index is 12.9. The zero-order valence-corrected chi connectivity index (χ0v) is 16.9. The van der Waals surface area contributed by atoms with Crippen LogP contribution in [0.15, 0.2) is 12.1 Å². The number of urea groups is 1. The average molecular weight is 423 g/mol. The molecule has 0 bridgehead atoms. The number of carbonyl (C=O) groups is 3. The second-order valence-corrected chi connectivity index (χ2v) is 8.20. The van der Waals surface area contributed by atoms with Gasteiger partial charge in [0, 0.05) is 16.1 Å². The van der Waals surface area contributed by atoms with E-state index < -0.39 is 24.1 Å². The molecule has 3 aliphatic rings. The molecule has 1 saturated heterocycles. The SMILES string of the molecule is CC1CCCCC12NC(=O)N(CC(=O)OCc1cc(Cl)cc3c1OCOC3)C2=O. The first-order valence-electron chi connectivity index (χ1n) is 9.72. The van der Waals surface area contributed by atoms with E-state index in [1.165, 1.54) is 0 Å². The van der Waals surface area contributed by atoms with Crippen LogP contribution in [0.2, 0.25) is 5.02 Å². The first-order valence-corrected chi connectivity index (χ1v) is 10.1. The molecule has 2 aliphatic heterocycles. The minimum absolute atomic E-state index is 0.0334. The average Bonchev–Trinajstić information content (AvgIpc) is 2.93. The van der Waals surface area contributed by atoms with Crippen LogP contribution in [0.25, 0.3) is 0 Å². The van der Waals surface area contributed by atoms with E-state index in [0.717, 1.165) is 29.7 Å². The summed E-state index contributed by atoms with van der Waals surface area (Å²) >= 11 is 6.11. The summed E-state index contributed by atoms with van der Waals surface area (Å²) in [6, 6.07) is 2.85. The topological polar surface area (TPSA) is 94.2 Å². The maximum atomic E-state index is 12.9. The van der Waals surface area contributed by atoms with E-state index in [4.69, 9.17) is 25.8 Å². The number of hydrogen-bond acceptors (Lipinski definition) is 6. The van der Waals surface area contributed by atoms with Crippen molar-refractivity contribution in [2.45, 2.75) is 51.4 Å². The fraction of sp³-hybridized carbons (Fsp3) is 0.550. The standard InChI is InChI=1S/C20H23ClN2O6/c1-12-4-2-3-5-20(12)18(25)23(19(26)22-20)8-16(24)28-10-14-7-15(21)6-13-9-27-11-29-17(13)14/h6-7,12H,2-5,8-11H2,1H3,(H,22,26). The lowest BCUT2D eigenvalue weighted by atomic mass is 9.73. The van der Waals surface area contributed by atoms with Crippen molar-refractivity contribution in [3.8, 4) is 5.75 Å². The lowest BCUT2D eigenvalue weighted by Crippen LogP contribution is -2.54. The van der Waals surface area contributed by atoms with Gasteiger partial charge in [-0.2, -0.15) is 0 Å². The Kier molecular flexibility index (Phi) is 5.40. The zero-order chi connectivity index (χ0) is 20.6. The molecule has 1 aromatic rings.